The largest absolute Gasteiger partial charge is 0.493 e. The van der Waals surface area contributed by atoms with Gasteiger partial charge in [0.1, 0.15) is 5.56 Å². The van der Waals surface area contributed by atoms with Crippen LogP contribution >= 0.6 is 12.2 Å². The van der Waals surface area contributed by atoms with Crippen molar-refractivity contribution in [2.45, 2.75) is 20.3 Å². The molecule has 30 heavy (non-hydrogen) atoms. The number of benzene rings is 2. The molecule has 0 atom stereocenters. The fourth-order valence-electron chi connectivity index (χ4n) is 2.83. The van der Waals surface area contributed by atoms with E-state index in [0.717, 1.165) is 15.8 Å². The van der Waals surface area contributed by atoms with Gasteiger partial charge in [0, 0.05) is 5.69 Å². The van der Waals surface area contributed by atoms with E-state index in [2.05, 4.69) is 20.8 Å². The Morgan fingerprint density at radius 1 is 1.13 bits per heavy atom. The lowest BCUT2D eigenvalue weighted by molar-refractivity contribution is 0.429. The monoisotopic (exact) mass is 423 g/mol. The lowest BCUT2D eigenvalue weighted by atomic mass is 10.1. The maximum absolute atomic E-state index is 12.4. The molecule has 0 unspecified atom stereocenters. The Hall–Kier alpha value is -3.72. The Labute approximate surface area is 177 Å². The summed E-state index contributed by atoms with van der Waals surface area (Å²) in [5, 5.41) is 18.1. The fraction of sp³-hybridized carbons (Fsp3) is 0.143. The van der Waals surface area contributed by atoms with Gasteiger partial charge in [-0.05, 0) is 49.8 Å². The van der Waals surface area contributed by atoms with Crippen molar-refractivity contribution in [3.8, 4) is 11.6 Å². The first-order valence-electron chi connectivity index (χ1n) is 9.25. The van der Waals surface area contributed by atoms with E-state index >= 15 is 0 Å². The maximum atomic E-state index is 12.4. The van der Waals surface area contributed by atoms with E-state index in [4.69, 9.17) is 12.2 Å². The number of aryl methyl sites for hydroxylation is 1. The average Bonchev–Trinajstić information content (AvgIpc) is 2.72. The highest BCUT2D eigenvalue weighted by Gasteiger charge is 2.19. The molecule has 0 aliphatic carbocycles. The Morgan fingerprint density at radius 2 is 1.80 bits per heavy atom. The maximum Gasteiger partial charge on any atom is 0.335 e. The summed E-state index contributed by atoms with van der Waals surface area (Å²) in [6.45, 7) is 3.68. The van der Waals surface area contributed by atoms with Crippen molar-refractivity contribution in [3.05, 3.63) is 86.6 Å². The summed E-state index contributed by atoms with van der Waals surface area (Å²) in [6, 6.07) is 16.2. The molecule has 0 saturated heterocycles. The van der Waals surface area contributed by atoms with Crippen LogP contribution in [-0.2, 0) is 0 Å². The lowest BCUT2D eigenvalue weighted by Gasteiger charge is -2.13. The normalized spacial score (nSPS) is 11.2. The first-order valence-corrected chi connectivity index (χ1v) is 9.65. The summed E-state index contributed by atoms with van der Waals surface area (Å²) < 4.78 is 1.03. The minimum atomic E-state index is -0.741. The van der Waals surface area contributed by atoms with Gasteiger partial charge < -0.3 is 10.4 Å². The highest BCUT2D eigenvalue weighted by molar-refractivity contribution is 7.80. The number of aromatic hydroxyl groups is 1. The average molecular weight is 423 g/mol. The van der Waals surface area contributed by atoms with E-state index in [1.54, 1.807) is 31.2 Å². The molecule has 0 bridgehead atoms. The molecule has 4 N–H and O–H groups in total. The van der Waals surface area contributed by atoms with Crippen LogP contribution in [0.3, 0.4) is 0 Å². The van der Waals surface area contributed by atoms with E-state index in [9.17, 15) is 14.7 Å². The third kappa shape index (κ3) is 4.64. The predicted octanol–water partition coefficient (Wildman–Crippen LogP) is 2.64. The molecule has 1 aromatic heterocycles. The lowest BCUT2D eigenvalue weighted by Crippen LogP contribution is -2.34. The quantitative estimate of drug-likeness (QED) is 0.285. The standard InChI is InChI=1S/C21H21N5O3S/c1-3-16(24-25-20(30)22-14-7-5-4-6-8-14)17-18(27)23-21(29)26(19(17)28)15-11-9-13(2)10-12-15/h4-12,28H,3H2,1-2H3,(H2,22,25,30)(H,23,27,29). The molecular weight excluding hydrogens is 402 g/mol. The third-order valence-corrected chi connectivity index (χ3v) is 4.52. The van der Waals surface area contributed by atoms with Crippen LogP contribution in [0.1, 0.15) is 24.5 Å². The molecule has 9 heteroatoms. The topological polar surface area (TPSA) is 112 Å². The zero-order valence-corrected chi connectivity index (χ0v) is 17.3. The van der Waals surface area contributed by atoms with Gasteiger partial charge in [-0.15, -0.1) is 0 Å². The van der Waals surface area contributed by atoms with E-state index in [1.165, 1.54) is 0 Å². The number of anilines is 1. The second-order valence-corrected chi connectivity index (χ2v) is 6.88. The number of hydrogen-bond acceptors (Lipinski definition) is 5. The van der Waals surface area contributed by atoms with Crippen molar-refractivity contribution in [2.75, 3.05) is 5.32 Å². The van der Waals surface area contributed by atoms with E-state index in [-0.39, 0.29) is 16.4 Å². The Balaban J connectivity index is 1.96. The minimum absolute atomic E-state index is 0.104. The van der Waals surface area contributed by atoms with Gasteiger partial charge >= 0.3 is 5.69 Å². The van der Waals surface area contributed by atoms with Crippen molar-refractivity contribution >= 4 is 28.7 Å². The first kappa shape index (κ1) is 21.0. The van der Waals surface area contributed by atoms with Crippen LogP contribution in [0.15, 0.2) is 69.3 Å². The number of hydrazone groups is 1. The van der Waals surface area contributed by atoms with Gasteiger partial charge in [0.25, 0.3) is 5.56 Å². The number of para-hydroxylation sites is 1. The summed E-state index contributed by atoms with van der Waals surface area (Å²) in [5.74, 6) is -0.489. The molecule has 1 heterocycles. The second kappa shape index (κ2) is 9.19. The molecule has 154 valence electrons. The molecule has 2 aromatic carbocycles. The highest BCUT2D eigenvalue weighted by Crippen LogP contribution is 2.18. The molecule has 0 spiro atoms. The number of thiocarbonyl (C=S) groups is 1. The number of nitrogens with one attached hydrogen (secondary N) is 3. The summed E-state index contributed by atoms with van der Waals surface area (Å²) in [6.07, 6.45) is 0.309. The van der Waals surface area contributed by atoms with E-state index in [0.29, 0.717) is 12.1 Å². The van der Waals surface area contributed by atoms with Crippen LogP contribution in [0.25, 0.3) is 5.69 Å². The van der Waals surface area contributed by atoms with Gasteiger partial charge in [-0.2, -0.15) is 5.10 Å². The molecule has 3 aromatic rings. The smallest absolute Gasteiger partial charge is 0.335 e. The molecule has 3 rings (SSSR count). The SMILES string of the molecule is CCC(=NNC(=S)Nc1ccccc1)c1c(O)n(-c2ccc(C)cc2)c(=O)[nH]c1=O. The molecule has 0 saturated carbocycles. The van der Waals surface area contributed by atoms with Crippen LogP contribution < -0.4 is 22.0 Å². The van der Waals surface area contributed by atoms with Gasteiger partial charge in [0.2, 0.25) is 5.88 Å². The zero-order valence-electron chi connectivity index (χ0n) is 16.5. The van der Waals surface area contributed by atoms with Crippen molar-refractivity contribution in [1.29, 1.82) is 0 Å². The molecule has 0 aliphatic heterocycles. The molecular formula is C21H21N5O3S. The first-order chi connectivity index (χ1) is 14.4. The van der Waals surface area contributed by atoms with Gasteiger partial charge in [-0.25, -0.2) is 9.36 Å². The second-order valence-electron chi connectivity index (χ2n) is 6.47. The van der Waals surface area contributed by atoms with Crippen LogP contribution in [0.4, 0.5) is 5.69 Å². The Bertz CT molecular complexity index is 1200. The van der Waals surface area contributed by atoms with Crippen LogP contribution in [0.2, 0.25) is 0 Å². The molecule has 8 nitrogen and oxygen atoms in total. The predicted molar refractivity (Wildman–Crippen MR) is 122 cm³/mol. The summed E-state index contributed by atoms with van der Waals surface area (Å²) in [4.78, 5) is 27.0. The zero-order chi connectivity index (χ0) is 21.7. The molecule has 0 radical (unpaired) electrons. The number of aromatic nitrogens is 2. The Kier molecular flexibility index (Phi) is 6.43. The molecule has 0 aliphatic rings. The molecule has 0 fully saturated rings. The van der Waals surface area contributed by atoms with Crippen molar-refractivity contribution in [3.63, 3.8) is 0 Å². The van der Waals surface area contributed by atoms with Gasteiger partial charge in [0.15, 0.2) is 5.11 Å². The van der Waals surface area contributed by atoms with Gasteiger partial charge in [-0.1, -0.05) is 42.8 Å². The van der Waals surface area contributed by atoms with Crippen LogP contribution in [-0.4, -0.2) is 25.5 Å². The summed E-state index contributed by atoms with van der Waals surface area (Å²) in [7, 11) is 0. The van der Waals surface area contributed by atoms with Crippen molar-refractivity contribution in [1.82, 2.24) is 15.0 Å². The van der Waals surface area contributed by atoms with Crippen LogP contribution in [0, 0.1) is 6.92 Å². The number of aromatic amines is 1. The Morgan fingerprint density at radius 3 is 2.43 bits per heavy atom. The van der Waals surface area contributed by atoms with Crippen molar-refractivity contribution in [2.24, 2.45) is 5.10 Å². The van der Waals surface area contributed by atoms with Gasteiger partial charge in [-0.3, -0.25) is 15.2 Å². The molecule has 0 amide bonds. The number of H-pyrrole nitrogens is 1. The van der Waals surface area contributed by atoms with E-state index in [1.807, 2.05) is 37.3 Å². The highest BCUT2D eigenvalue weighted by atomic mass is 32.1. The summed E-state index contributed by atoms with van der Waals surface area (Å²) >= 11 is 5.22. The fourth-order valence-corrected chi connectivity index (χ4v) is 2.99. The van der Waals surface area contributed by atoms with Crippen molar-refractivity contribution < 1.29 is 5.11 Å². The number of nitrogens with zero attached hydrogens (tertiary/aromatic N) is 2. The third-order valence-electron chi connectivity index (χ3n) is 4.33. The minimum Gasteiger partial charge on any atom is -0.493 e. The van der Waals surface area contributed by atoms with E-state index < -0.39 is 17.1 Å². The number of rotatable bonds is 5. The van der Waals surface area contributed by atoms with Crippen LogP contribution in [0.5, 0.6) is 5.88 Å². The summed E-state index contributed by atoms with van der Waals surface area (Å²) in [5.41, 5.74) is 3.53. The van der Waals surface area contributed by atoms with Gasteiger partial charge in [0.05, 0.1) is 11.4 Å². The number of hydrogen-bond donors (Lipinski definition) is 4.